The topological polar surface area (TPSA) is 200 Å². The summed E-state index contributed by atoms with van der Waals surface area (Å²) in [6.45, 7) is 0. The number of Topliss-reactive ketones (excluding diaryl/α,β-unsaturated/α-hetero) is 1. The average Bonchev–Trinajstić information content (AvgIpc) is 3.83. The van der Waals surface area contributed by atoms with Crippen molar-refractivity contribution in [1.29, 1.82) is 0 Å². The first-order valence-corrected chi connectivity index (χ1v) is 22.9. The number of rotatable bonds is 15. The van der Waals surface area contributed by atoms with Gasteiger partial charge < -0.3 is 31.7 Å². The largest absolute Gasteiger partial charge is 0.481 e. The summed E-state index contributed by atoms with van der Waals surface area (Å²) in [5, 5.41) is 25.3. The highest BCUT2D eigenvalue weighted by atomic mass is 32.1. The molecule has 0 aliphatic carbocycles. The highest BCUT2D eigenvalue weighted by molar-refractivity contribution is 7.09. The second-order valence-corrected chi connectivity index (χ2v) is 17.3. The first-order valence-electron chi connectivity index (χ1n) is 22.0. The Kier molecular flexibility index (Phi) is 17.7. The maximum absolute atomic E-state index is 14.7. The smallest absolute Gasteiger partial charge is 0.303 e. The molecule has 14 heteroatoms. The van der Waals surface area contributed by atoms with E-state index in [-0.39, 0.29) is 57.1 Å². The third-order valence-corrected chi connectivity index (χ3v) is 12.1. The van der Waals surface area contributed by atoms with Crippen LogP contribution in [0.4, 0.5) is 5.69 Å². The van der Waals surface area contributed by atoms with Crippen molar-refractivity contribution in [2.24, 2.45) is 0 Å². The number of hydrogen-bond donors (Lipinski definition) is 6. The standard InChI is InChI=1S/C51H55N5O8S/c57-45(16-8-3-9-17-48(60)61)42-31-36-20-25-39(26-21-36)52-46(58)28-29-47(59)53-44(33-40-15-10-30-65-40)51(64)56-43(32-35-18-23-38(24-19-35)37-13-6-2-7-14-37)50(63)54-41(49(62)55-42)27-22-34-11-4-1-5-12-34/h1-2,4-7,10-15,18-21,23-26,30,41-44H,3,8-9,16-17,22,27-29,31-33H2,(H,52,58)(H,53,59)(H,54,63)(H,55,62)(H,56,64)(H,60,61)/t41-,42+,43+,44-/m1/s1. The predicted molar refractivity (Wildman–Crippen MR) is 250 cm³/mol. The van der Waals surface area contributed by atoms with Gasteiger partial charge in [-0.1, -0.05) is 110 Å². The number of aryl methyl sites for hydroxylation is 1. The van der Waals surface area contributed by atoms with E-state index < -0.39 is 59.7 Å². The van der Waals surface area contributed by atoms with Crippen LogP contribution in [0, 0.1) is 0 Å². The number of anilines is 1. The molecule has 13 nitrogen and oxygen atoms in total. The Morgan fingerprint density at radius 2 is 1.18 bits per heavy atom. The van der Waals surface area contributed by atoms with Gasteiger partial charge in [0.1, 0.15) is 18.1 Å². The highest BCUT2D eigenvalue weighted by Gasteiger charge is 2.32. The predicted octanol–water partition coefficient (Wildman–Crippen LogP) is 6.35. The molecule has 4 aromatic carbocycles. The second-order valence-electron chi connectivity index (χ2n) is 16.2. The number of fused-ring (bicyclic) bond motifs is 18. The van der Waals surface area contributed by atoms with Gasteiger partial charge in [-0.15, -0.1) is 11.3 Å². The fourth-order valence-electron chi connectivity index (χ4n) is 7.64. The molecule has 2 aliphatic rings. The molecule has 0 fully saturated rings. The summed E-state index contributed by atoms with van der Waals surface area (Å²) < 4.78 is 0. The Morgan fingerprint density at radius 1 is 0.569 bits per heavy atom. The second kappa shape index (κ2) is 24.2. The first-order chi connectivity index (χ1) is 31.5. The van der Waals surface area contributed by atoms with Crippen LogP contribution in [0.5, 0.6) is 0 Å². The number of thiophene rings is 1. The number of carbonyl (C=O) groups is 7. The molecule has 0 saturated heterocycles. The van der Waals surface area contributed by atoms with Gasteiger partial charge >= 0.3 is 5.97 Å². The summed E-state index contributed by atoms with van der Waals surface area (Å²) in [4.78, 5) is 95.6. The van der Waals surface area contributed by atoms with E-state index in [0.29, 0.717) is 36.9 Å². The van der Waals surface area contributed by atoms with Crippen molar-refractivity contribution in [3.05, 3.63) is 148 Å². The number of carbonyl (C=O) groups excluding carboxylic acids is 6. The molecule has 1 aromatic heterocycles. The van der Waals surface area contributed by atoms with Gasteiger partial charge in [0, 0.05) is 49.1 Å². The van der Waals surface area contributed by atoms with Gasteiger partial charge in [0.05, 0.1) is 6.04 Å². The Labute approximate surface area is 382 Å². The summed E-state index contributed by atoms with van der Waals surface area (Å²) in [5.74, 6) is -3.96. The van der Waals surface area contributed by atoms with E-state index in [1.165, 1.54) is 11.3 Å². The van der Waals surface area contributed by atoms with Crippen LogP contribution in [-0.2, 0) is 59.2 Å². The quantitative estimate of drug-likeness (QED) is 0.0516. The summed E-state index contributed by atoms with van der Waals surface area (Å²) in [5.41, 5.74) is 4.78. The number of benzene rings is 4. The molecule has 2 bridgehead atoms. The lowest BCUT2D eigenvalue weighted by molar-refractivity contribution is -0.137. The van der Waals surface area contributed by atoms with Crippen LogP contribution >= 0.6 is 11.3 Å². The molecular formula is C51H55N5O8S. The minimum absolute atomic E-state index is 0.0113. The molecule has 5 aromatic rings. The van der Waals surface area contributed by atoms with E-state index >= 15 is 0 Å². The van der Waals surface area contributed by atoms with Gasteiger partial charge in [0.2, 0.25) is 29.5 Å². The Hall–Kier alpha value is -6.93. The van der Waals surface area contributed by atoms with Crippen molar-refractivity contribution < 1.29 is 38.7 Å². The maximum Gasteiger partial charge on any atom is 0.303 e. The van der Waals surface area contributed by atoms with Crippen LogP contribution in [0.15, 0.2) is 127 Å². The number of aliphatic carboxylic acids is 1. The Morgan fingerprint density at radius 3 is 1.86 bits per heavy atom. The van der Waals surface area contributed by atoms with E-state index in [9.17, 15) is 33.6 Å². The van der Waals surface area contributed by atoms with Crippen molar-refractivity contribution >= 4 is 58.3 Å². The van der Waals surface area contributed by atoms with E-state index in [4.69, 9.17) is 5.11 Å². The van der Waals surface area contributed by atoms with Crippen molar-refractivity contribution in [2.45, 2.75) is 101 Å². The number of carboxylic acid groups (broad SMARTS) is 1. The summed E-state index contributed by atoms with van der Waals surface area (Å²) in [6, 6.07) is 32.9. The zero-order valence-electron chi connectivity index (χ0n) is 36.1. The molecule has 6 N–H and O–H groups in total. The van der Waals surface area contributed by atoms with Gasteiger partial charge in [-0.25, -0.2) is 0 Å². The van der Waals surface area contributed by atoms with Crippen molar-refractivity contribution in [2.75, 3.05) is 5.32 Å². The van der Waals surface area contributed by atoms with Crippen LogP contribution in [0.2, 0.25) is 0 Å². The maximum atomic E-state index is 14.7. The molecule has 5 amide bonds. The number of amides is 5. The first kappa shape index (κ1) is 47.5. The Bertz CT molecular complexity index is 2370. The van der Waals surface area contributed by atoms with Crippen LogP contribution < -0.4 is 26.6 Å². The molecule has 3 heterocycles. The SMILES string of the molecule is O=C(O)CCCCCC(=O)[C@@H]1Cc2ccc(cc2)NC(=O)CCC(=O)N[C@H](Cc2cccs2)C(=O)N[C@@H](Cc2ccc(-c3ccccc3)cc2)C(=O)N[C@H](CCc2ccccc2)C(=O)N1. The van der Waals surface area contributed by atoms with Crippen LogP contribution in [0.25, 0.3) is 11.1 Å². The molecule has 0 saturated carbocycles. The molecule has 2 aliphatic heterocycles. The number of unbranched alkanes of at least 4 members (excludes halogenated alkanes) is 2. The van der Waals surface area contributed by atoms with Gasteiger partial charge in [-0.2, -0.15) is 0 Å². The molecule has 7 rings (SSSR count). The summed E-state index contributed by atoms with van der Waals surface area (Å²) in [7, 11) is 0. The summed E-state index contributed by atoms with van der Waals surface area (Å²) >= 11 is 1.41. The van der Waals surface area contributed by atoms with Crippen molar-refractivity contribution in [1.82, 2.24) is 21.3 Å². The lowest BCUT2D eigenvalue weighted by Crippen LogP contribution is -2.58. The normalized spacial score (nSPS) is 18.9. The third kappa shape index (κ3) is 15.4. The van der Waals surface area contributed by atoms with Gasteiger partial charge in [0.25, 0.3) is 0 Å². The van der Waals surface area contributed by atoms with Crippen molar-refractivity contribution in [3.8, 4) is 11.1 Å². The van der Waals surface area contributed by atoms with Crippen LogP contribution in [0.3, 0.4) is 0 Å². The summed E-state index contributed by atoms with van der Waals surface area (Å²) in [6.07, 6.45) is 1.91. The van der Waals surface area contributed by atoms with Crippen LogP contribution in [0.1, 0.15) is 72.9 Å². The van der Waals surface area contributed by atoms with Gasteiger partial charge in [-0.3, -0.25) is 33.6 Å². The van der Waals surface area contributed by atoms with Gasteiger partial charge in [0.15, 0.2) is 5.78 Å². The molecule has 0 radical (unpaired) electrons. The molecular weight excluding hydrogens is 843 g/mol. The van der Waals surface area contributed by atoms with E-state index in [1.54, 1.807) is 24.3 Å². The number of hydrogen-bond acceptors (Lipinski definition) is 8. The zero-order chi connectivity index (χ0) is 46.0. The lowest BCUT2D eigenvalue weighted by atomic mass is 9.97. The lowest BCUT2D eigenvalue weighted by Gasteiger charge is -2.27. The van der Waals surface area contributed by atoms with E-state index in [2.05, 4.69) is 26.6 Å². The fraction of sp³-hybridized carbons (Fsp3) is 0.314. The molecule has 0 spiro atoms. The van der Waals surface area contributed by atoms with Gasteiger partial charge in [-0.05, 0) is 83.5 Å². The molecule has 65 heavy (non-hydrogen) atoms. The zero-order valence-corrected chi connectivity index (χ0v) is 36.9. The van der Waals surface area contributed by atoms with E-state index in [1.807, 2.05) is 102 Å². The number of nitrogens with one attached hydrogen (secondary N) is 5. The highest BCUT2D eigenvalue weighted by Crippen LogP contribution is 2.21. The van der Waals surface area contributed by atoms with E-state index in [0.717, 1.165) is 27.1 Å². The monoisotopic (exact) mass is 897 g/mol. The molecule has 0 unspecified atom stereocenters. The Balaban J connectivity index is 1.33. The third-order valence-electron chi connectivity index (χ3n) is 11.2. The molecule has 4 atom stereocenters. The van der Waals surface area contributed by atoms with Crippen molar-refractivity contribution in [3.63, 3.8) is 0 Å². The molecule has 338 valence electrons. The average molecular weight is 898 g/mol. The fourth-order valence-corrected chi connectivity index (χ4v) is 8.39. The minimum Gasteiger partial charge on any atom is -0.481 e. The minimum atomic E-state index is -1.21. The number of ketones is 1. The number of carboxylic acids is 1. The van der Waals surface area contributed by atoms with Crippen LogP contribution in [-0.4, -0.2) is 70.6 Å².